The van der Waals surface area contributed by atoms with Gasteiger partial charge in [-0.3, -0.25) is 4.72 Å². The Hall–Kier alpha value is -1.18. The Morgan fingerprint density at radius 3 is 2.53 bits per heavy atom. The van der Waals surface area contributed by atoms with E-state index in [9.17, 15) is 12.8 Å². The number of nitrogens with zero attached hydrogens (tertiary/aromatic N) is 1. The van der Waals surface area contributed by atoms with E-state index < -0.39 is 16.0 Å². The minimum atomic E-state index is -3.66. The molecule has 0 spiro atoms. The van der Waals surface area contributed by atoms with Crippen molar-refractivity contribution in [3.63, 3.8) is 0 Å². The van der Waals surface area contributed by atoms with Crippen LogP contribution in [0.15, 0.2) is 24.3 Å². The fraction of sp³-hybridized carbons (Fsp3) is 0.400. The number of piperazine rings is 1. The van der Waals surface area contributed by atoms with Gasteiger partial charge in [0, 0.05) is 26.2 Å². The van der Waals surface area contributed by atoms with Gasteiger partial charge in [0.2, 0.25) is 0 Å². The van der Waals surface area contributed by atoms with E-state index in [1.165, 1.54) is 22.5 Å². The van der Waals surface area contributed by atoms with Gasteiger partial charge >= 0.3 is 10.2 Å². The smallest absolute Gasteiger partial charge is 0.301 e. The molecule has 1 aromatic rings. The first-order valence-corrected chi connectivity index (χ1v) is 6.77. The molecular formula is C10H14FN3O2S. The summed E-state index contributed by atoms with van der Waals surface area (Å²) in [6.07, 6.45) is 0. The van der Waals surface area contributed by atoms with Gasteiger partial charge in [-0.05, 0) is 12.1 Å². The number of anilines is 1. The quantitative estimate of drug-likeness (QED) is 0.825. The number of hydrogen-bond acceptors (Lipinski definition) is 3. The molecule has 1 heterocycles. The summed E-state index contributed by atoms with van der Waals surface area (Å²) in [4.78, 5) is 0. The molecule has 0 radical (unpaired) electrons. The second-order valence-corrected chi connectivity index (χ2v) is 5.41. The molecule has 1 fully saturated rings. The van der Waals surface area contributed by atoms with E-state index in [1.807, 2.05) is 0 Å². The van der Waals surface area contributed by atoms with Gasteiger partial charge < -0.3 is 5.32 Å². The number of nitrogens with one attached hydrogen (secondary N) is 2. The first kappa shape index (κ1) is 12.3. The van der Waals surface area contributed by atoms with Crippen LogP contribution in [-0.2, 0) is 10.2 Å². The first-order valence-electron chi connectivity index (χ1n) is 5.33. The molecule has 5 nitrogen and oxygen atoms in total. The molecule has 0 aromatic heterocycles. The Bertz CT molecular complexity index is 486. The van der Waals surface area contributed by atoms with Crippen molar-refractivity contribution in [2.75, 3.05) is 30.9 Å². The molecule has 2 N–H and O–H groups in total. The van der Waals surface area contributed by atoms with Crippen LogP contribution in [0.1, 0.15) is 0 Å². The van der Waals surface area contributed by atoms with Crippen molar-refractivity contribution in [1.82, 2.24) is 9.62 Å². The molecule has 94 valence electrons. The van der Waals surface area contributed by atoms with E-state index in [0.29, 0.717) is 26.2 Å². The molecule has 17 heavy (non-hydrogen) atoms. The molecule has 1 saturated heterocycles. The Kier molecular flexibility index (Phi) is 3.60. The van der Waals surface area contributed by atoms with Gasteiger partial charge in [-0.25, -0.2) is 4.39 Å². The zero-order valence-electron chi connectivity index (χ0n) is 9.19. The average Bonchev–Trinajstić information content (AvgIpc) is 2.33. The van der Waals surface area contributed by atoms with Gasteiger partial charge in [-0.1, -0.05) is 12.1 Å². The van der Waals surface area contributed by atoms with Crippen LogP contribution >= 0.6 is 0 Å². The van der Waals surface area contributed by atoms with E-state index in [0.717, 1.165) is 0 Å². The second kappa shape index (κ2) is 4.99. The lowest BCUT2D eigenvalue weighted by atomic mass is 10.3. The van der Waals surface area contributed by atoms with Crippen LogP contribution in [-0.4, -0.2) is 38.9 Å². The monoisotopic (exact) mass is 259 g/mol. The molecule has 1 aliphatic rings. The number of hydrogen-bond donors (Lipinski definition) is 2. The summed E-state index contributed by atoms with van der Waals surface area (Å²) < 4.78 is 40.7. The average molecular weight is 259 g/mol. The molecular weight excluding hydrogens is 245 g/mol. The highest BCUT2D eigenvalue weighted by Gasteiger charge is 2.24. The van der Waals surface area contributed by atoms with Crippen LogP contribution < -0.4 is 10.0 Å². The summed E-state index contributed by atoms with van der Waals surface area (Å²) in [5, 5.41) is 3.05. The molecule has 0 unspecified atom stereocenters. The predicted octanol–water partition coefficient (Wildman–Crippen LogP) is 0.388. The Morgan fingerprint density at radius 1 is 1.24 bits per heavy atom. The van der Waals surface area contributed by atoms with Crippen molar-refractivity contribution in [1.29, 1.82) is 0 Å². The molecule has 7 heteroatoms. The largest absolute Gasteiger partial charge is 0.314 e. The summed E-state index contributed by atoms with van der Waals surface area (Å²) in [6.45, 7) is 2.00. The normalized spacial score (nSPS) is 17.9. The van der Waals surface area contributed by atoms with Crippen LogP contribution in [0, 0.1) is 5.82 Å². The van der Waals surface area contributed by atoms with Crippen molar-refractivity contribution in [2.24, 2.45) is 0 Å². The lowest BCUT2D eigenvalue weighted by molar-refractivity contribution is 0.362. The predicted molar refractivity (Wildman–Crippen MR) is 63.4 cm³/mol. The highest BCUT2D eigenvalue weighted by Crippen LogP contribution is 2.15. The lowest BCUT2D eigenvalue weighted by Gasteiger charge is -2.26. The summed E-state index contributed by atoms with van der Waals surface area (Å²) in [6, 6.07) is 5.71. The third-order valence-electron chi connectivity index (χ3n) is 2.53. The number of rotatable bonds is 3. The SMILES string of the molecule is O=S(=O)(Nc1ccccc1F)N1CCNCC1. The first-order chi connectivity index (χ1) is 8.09. The second-order valence-electron chi connectivity index (χ2n) is 3.74. The van der Waals surface area contributed by atoms with E-state index in [2.05, 4.69) is 10.0 Å². The summed E-state index contributed by atoms with van der Waals surface area (Å²) in [7, 11) is -3.66. The molecule has 2 rings (SSSR count). The fourth-order valence-electron chi connectivity index (χ4n) is 1.63. The van der Waals surface area contributed by atoms with Crippen LogP contribution in [0.4, 0.5) is 10.1 Å². The summed E-state index contributed by atoms with van der Waals surface area (Å²) >= 11 is 0. The molecule has 0 saturated carbocycles. The van der Waals surface area contributed by atoms with Crippen LogP contribution in [0.3, 0.4) is 0 Å². The zero-order chi connectivity index (χ0) is 12.3. The molecule has 0 aliphatic carbocycles. The van der Waals surface area contributed by atoms with Gasteiger partial charge in [0.15, 0.2) is 0 Å². The fourth-order valence-corrected chi connectivity index (χ4v) is 2.87. The molecule has 1 aliphatic heterocycles. The maximum atomic E-state index is 13.3. The highest BCUT2D eigenvalue weighted by atomic mass is 32.2. The third-order valence-corrected chi connectivity index (χ3v) is 4.05. The molecule has 0 amide bonds. The van der Waals surface area contributed by atoms with Gasteiger partial charge in [-0.15, -0.1) is 0 Å². The van der Waals surface area contributed by atoms with Crippen LogP contribution in [0.5, 0.6) is 0 Å². The van der Waals surface area contributed by atoms with Crippen molar-refractivity contribution >= 4 is 15.9 Å². The summed E-state index contributed by atoms with van der Waals surface area (Å²) in [5.74, 6) is -0.578. The lowest BCUT2D eigenvalue weighted by Crippen LogP contribution is -2.48. The Balaban J connectivity index is 2.14. The zero-order valence-corrected chi connectivity index (χ0v) is 10.0. The van der Waals surface area contributed by atoms with E-state index in [-0.39, 0.29) is 5.69 Å². The van der Waals surface area contributed by atoms with E-state index in [1.54, 1.807) is 6.07 Å². The Labute approximate surface area is 99.8 Å². The van der Waals surface area contributed by atoms with Crippen molar-refractivity contribution < 1.29 is 12.8 Å². The third kappa shape index (κ3) is 2.93. The highest BCUT2D eigenvalue weighted by molar-refractivity contribution is 7.90. The molecule has 1 aromatic carbocycles. The van der Waals surface area contributed by atoms with Gasteiger partial charge in [-0.2, -0.15) is 12.7 Å². The minimum Gasteiger partial charge on any atom is -0.314 e. The van der Waals surface area contributed by atoms with E-state index >= 15 is 0 Å². The standard InChI is InChI=1S/C10H14FN3O2S/c11-9-3-1-2-4-10(9)13-17(15,16)14-7-5-12-6-8-14/h1-4,12-13H,5-8H2. The maximum Gasteiger partial charge on any atom is 0.301 e. The number of halogens is 1. The van der Waals surface area contributed by atoms with Gasteiger partial charge in [0.05, 0.1) is 5.69 Å². The number of para-hydroxylation sites is 1. The van der Waals surface area contributed by atoms with Gasteiger partial charge in [0.25, 0.3) is 0 Å². The summed E-state index contributed by atoms with van der Waals surface area (Å²) in [5.41, 5.74) is -0.0222. The van der Waals surface area contributed by atoms with E-state index in [4.69, 9.17) is 0 Å². The maximum absolute atomic E-state index is 13.3. The van der Waals surface area contributed by atoms with Crippen LogP contribution in [0.2, 0.25) is 0 Å². The topological polar surface area (TPSA) is 61.4 Å². The minimum absolute atomic E-state index is 0.0222. The number of benzene rings is 1. The van der Waals surface area contributed by atoms with Crippen molar-refractivity contribution in [2.45, 2.75) is 0 Å². The van der Waals surface area contributed by atoms with Crippen molar-refractivity contribution in [3.05, 3.63) is 30.1 Å². The van der Waals surface area contributed by atoms with Gasteiger partial charge in [0.1, 0.15) is 5.82 Å². The molecule has 0 atom stereocenters. The Morgan fingerprint density at radius 2 is 1.88 bits per heavy atom. The van der Waals surface area contributed by atoms with Crippen LogP contribution in [0.25, 0.3) is 0 Å². The molecule has 0 bridgehead atoms. The van der Waals surface area contributed by atoms with Crippen molar-refractivity contribution in [3.8, 4) is 0 Å².